The maximum Gasteiger partial charge on any atom is 0.404 e. The maximum atomic E-state index is 12.8. The highest BCUT2D eigenvalue weighted by molar-refractivity contribution is 5.67. The van der Waals surface area contributed by atoms with Gasteiger partial charge in [-0.05, 0) is 18.9 Å². The van der Waals surface area contributed by atoms with Crippen molar-refractivity contribution in [3.8, 4) is 0 Å². The van der Waals surface area contributed by atoms with Crippen LogP contribution in [-0.2, 0) is 9.53 Å². The van der Waals surface area contributed by atoms with Crippen LogP contribution in [0.1, 0.15) is 19.8 Å². The van der Waals surface area contributed by atoms with Crippen molar-refractivity contribution in [3.05, 3.63) is 0 Å². The van der Waals surface area contributed by atoms with Crippen molar-refractivity contribution >= 4 is 5.97 Å². The van der Waals surface area contributed by atoms with Crippen LogP contribution in [0.5, 0.6) is 0 Å². The maximum absolute atomic E-state index is 12.8. The number of carboxylic acids is 1. The lowest BCUT2D eigenvalue weighted by Gasteiger charge is -2.40. The largest absolute Gasteiger partial charge is 0.481 e. The molecule has 1 rings (SSSR count). The number of carbonyl (C=O) groups is 1. The molecule has 18 heavy (non-hydrogen) atoms. The van der Waals surface area contributed by atoms with Gasteiger partial charge in [-0.1, -0.05) is 6.92 Å². The molecular formula is C11H18F3NO3. The zero-order valence-electron chi connectivity index (χ0n) is 10.4. The van der Waals surface area contributed by atoms with Crippen molar-refractivity contribution in [2.75, 3.05) is 20.2 Å². The Morgan fingerprint density at radius 3 is 2.61 bits per heavy atom. The third-order valence-corrected chi connectivity index (χ3v) is 3.41. The van der Waals surface area contributed by atoms with E-state index in [9.17, 15) is 18.0 Å². The smallest absolute Gasteiger partial charge is 0.404 e. The van der Waals surface area contributed by atoms with Gasteiger partial charge in [-0.2, -0.15) is 13.2 Å². The molecule has 0 bridgehead atoms. The Hall–Kier alpha value is -0.820. The van der Waals surface area contributed by atoms with Gasteiger partial charge in [0, 0.05) is 13.7 Å². The average molecular weight is 269 g/mol. The third-order valence-electron chi connectivity index (χ3n) is 3.41. The zero-order chi connectivity index (χ0) is 13.9. The van der Waals surface area contributed by atoms with Crippen LogP contribution >= 0.6 is 0 Å². The molecule has 1 saturated heterocycles. The van der Waals surface area contributed by atoms with Crippen LogP contribution in [0.3, 0.4) is 0 Å². The first kappa shape index (κ1) is 15.2. The van der Waals surface area contributed by atoms with Crippen molar-refractivity contribution < 1.29 is 27.8 Å². The Morgan fingerprint density at radius 1 is 1.56 bits per heavy atom. The second-order valence-electron chi connectivity index (χ2n) is 4.69. The number of nitrogens with zero attached hydrogens (tertiary/aromatic N) is 1. The number of halogens is 3. The van der Waals surface area contributed by atoms with E-state index in [1.165, 1.54) is 12.0 Å². The fourth-order valence-corrected chi connectivity index (χ4v) is 2.26. The molecule has 0 spiro atoms. The van der Waals surface area contributed by atoms with E-state index in [2.05, 4.69) is 0 Å². The highest BCUT2D eigenvalue weighted by Gasteiger charge is 2.46. The van der Waals surface area contributed by atoms with Crippen molar-refractivity contribution in [1.82, 2.24) is 4.90 Å². The lowest BCUT2D eigenvalue weighted by atomic mass is 9.94. The molecule has 0 saturated carbocycles. The van der Waals surface area contributed by atoms with Crippen molar-refractivity contribution in [2.45, 2.75) is 38.1 Å². The summed E-state index contributed by atoms with van der Waals surface area (Å²) in [7, 11) is 1.46. The molecule has 7 heteroatoms. The van der Waals surface area contributed by atoms with Crippen LogP contribution in [-0.4, -0.2) is 54.5 Å². The Bertz CT molecular complexity index is 296. The predicted octanol–water partition coefficient (Wildman–Crippen LogP) is 1.75. The van der Waals surface area contributed by atoms with E-state index < -0.39 is 24.6 Å². The molecule has 3 atom stereocenters. The molecule has 4 nitrogen and oxygen atoms in total. The summed E-state index contributed by atoms with van der Waals surface area (Å²) in [5.41, 5.74) is 0. The minimum atomic E-state index is -4.53. The predicted molar refractivity (Wildman–Crippen MR) is 58.2 cm³/mol. The van der Waals surface area contributed by atoms with Gasteiger partial charge in [-0.25, -0.2) is 0 Å². The van der Waals surface area contributed by atoms with Crippen molar-refractivity contribution in [2.24, 2.45) is 5.92 Å². The van der Waals surface area contributed by atoms with Gasteiger partial charge in [-0.3, -0.25) is 9.69 Å². The summed E-state index contributed by atoms with van der Waals surface area (Å²) < 4.78 is 43.7. The molecule has 3 unspecified atom stereocenters. The van der Waals surface area contributed by atoms with Gasteiger partial charge in [-0.15, -0.1) is 0 Å². The first-order chi connectivity index (χ1) is 8.25. The lowest BCUT2D eigenvalue weighted by molar-refractivity contribution is -0.198. The summed E-state index contributed by atoms with van der Waals surface area (Å²) in [5, 5.41) is 8.60. The van der Waals surface area contributed by atoms with Gasteiger partial charge in [0.15, 0.2) is 0 Å². The molecular weight excluding hydrogens is 251 g/mol. The minimum Gasteiger partial charge on any atom is -0.481 e. The summed E-state index contributed by atoms with van der Waals surface area (Å²) in [6.07, 6.45) is -5.16. The summed E-state index contributed by atoms with van der Waals surface area (Å²) in [5.74, 6) is -1.25. The molecule has 0 aliphatic carbocycles. The molecule has 0 amide bonds. The first-order valence-corrected chi connectivity index (χ1v) is 5.81. The molecule has 0 aromatic carbocycles. The Balaban J connectivity index is 2.77. The molecule has 1 heterocycles. The fraction of sp³-hybridized carbons (Fsp3) is 0.909. The van der Waals surface area contributed by atoms with E-state index in [0.717, 1.165) is 0 Å². The van der Waals surface area contributed by atoms with Gasteiger partial charge < -0.3 is 9.84 Å². The molecule has 0 radical (unpaired) electrons. The Morgan fingerprint density at radius 2 is 2.17 bits per heavy atom. The van der Waals surface area contributed by atoms with E-state index in [4.69, 9.17) is 9.84 Å². The quantitative estimate of drug-likeness (QED) is 0.844. The second kappa shape index (κ2) is 5.88. The number of likely N-dealkylation sites (tertiary alicyclic amines) is 1. The summed E-state index contributed by atoms with van der Waals surface area (Å²) in [6.45, 7) is 2.29. The van der Waals surface area contributed by atoms with Crippen molar-refractivity contribution in [1.29, 1.82) is 0 Å². The number of aliphatic carboxylic acids is 1. The second-order valence-corrected chi connectivity index (χ2v) is 4.69. The van der Waals surface area contributed by atoms with E-state index in [0.29, 0.717) is 6.42 Å². The van der Waals surface area contributed by atoms with E-state index in [-0.39, 0.29) is 25.1 Å². The van der Waals surface area contributed by atoms with Crippen LogP contribution in [0.4, 0.5) is 13.2 Å². The number of rotatable bonds is 4. The van der Waals surface area contributed by atoms with Crippen LogP contribution in [0, 0.1) is 5.92 Å². The van der Waals surface area contributed by atoms with Gasteiger partial charge in [0.2, 0.25) is 0 Å². The third kappa shape index (κ3) is 3.84. The molecule has 1 aliphatic heterocycles. The highest BCUT2D eigenvalue weighted by atomic mass is 19.4. The summed E-state index contributed by atoms with van der Waals surface area (Å²) in [4.78, 5) is 11.7. The van der Waals surface area contributed by atoms with Crippen LogP contribution in [0.25, 0.3) is 0 Å². The molecule has 0 aromatic heterocycles. The Kier molecular flexibility index (Phi) is 4.98. The van der Waals surface area contributed by atoms with Gasteiger partial charge in [0.05, 0.1) is 12.5 Å². The average Bonchev–Trinajstić information content (AvgIpc) is 2.25. The molecule has 0 aromatic rings. The van der Waals surface area contributed by atoms with Gasteiger partial charge in [0.1, 0.15) is 6.04 Å². The summed E-state index contributed by atoms with van der Waals surface area (Å²) in [6, 6.07) is -1.93. The van der Waals surface area contributed by atoms with E-state index in [1.807, 2.05) is 6.92 Å². The number of carboxylic acid groups (broad SMARTS) is 1. The topological polar surface area (TPSA) is 49.8 Å². The SMILES string of the molecule is COC1CN(C(CC(=O)O)C(F)(F)F)CCC1C. The van der Waals surface area contributed by atoms with E-state index >= 15 is 0 Å². The minimum absolute atomic E-state index is 0.120. The number of alkyl halides is 3. The molecule has 1 N–H and O–H groups in total. The van der Waals surface area contributed by atoms with Crippen LogP contribution in [0.15, 0.2) is 0 Å². The van der Waals surface area contributed by atoms with Gasteiger partial charge in [0.25, 0.3) is 0 Å². The number of hydrogen-bond donors (Lipinski definition) is 1. The first-order valence-electron chi connectivity index (χ1n) is 5.81. The standard InChI is InChI=1S/C11H18F3NO3/c1-7-3-4-15(6-8(7)18-2)9(5-10(16)17)11(12,13)14/h7-9H,3-6H2,1-2H3,(H,16,17). The number of ether oxygens (including phenoxy) is 1. The number of methoxy groups -OCH3 is 1. The van der Waals surface area contributed by atoms with E-state index in [1.54, 1.807) is 0 Å². The molecule has 1 aliphatic rings. The van der Waals surface area contributed by atoms with Crippen molar-refractivity contribution in [3.63, 3.8) is 0 Å². The zero-order valence-corrected chi connectivity index (χ0v) is 10.4. The summed E-state index contributed by atoms with van der Waals surface area (Å²) >= 11 is 0. The van der Waals surface area contributed by atoms with Gasteiger partial charge >= 0.3 is 12.1 Å². The normalized spacial score (nSPS) is 28.1. The fourth-order valence-electron chi connectivity index (χ4n) is 2.26. The lowest BCUT2D eigenvalue weighted by Crippen LogP contribution is -2.54. The van der Waals surface area contributed by atoms with Crippen LogP contribution in [0.2, 0.25) is 0 Å². The highest BCUT2D eigenvalue weighted by Crippen LogP contribution is 2.31. The Labute approximate surface area is 104 Å². The monoisotopic (exact) mass is 269 g/mol. The molecule has 106 valence electrons. The van der Waals surface area contributed by atoms with Crippen LogP contribution < -0.4 is 0 Å². The number of piperidine rings is 1. The molecule has 1 fully saturated rings. The number of hydrogen-bond acceptors (Lipinski definition) is 3.